The number of benzene rings is 2. The molecule has 0 spiro atoms. The number of urea groups is 2. The number of rotatable bonds is 3. The minimum Gasteiger partial charge on any atom is -0.338 e. The summed E-state index contributed by atoms with van der Waals surface area (Å²) in [6.07, 6.45) is -4.73. The lowest BCUT2D eigenvalue weighted by atomic mass is 9.92. The van der Waals surface area contributed by atoms with Gasteiger partial charge in [-0.3, -0.25) is 9.69 Å². The Labute approximate surface area is 197 Å². The summed E-state index contributed by atoms with van der Waals surface area (Å²) in [5.74, 6) is -1.37. The molecule has 0 saturated carbocycles. The average Bonchev–Trinajstić information content (AvgIpc) is 3.18. The standard InChI is InChI=1S/C24H18F4N4O3/c1-2-30-22(34)32-21(16-7-6-13(12-29)10-17(16)25)20-18(8-9-19(20)33)31(23(32)35)15-5-3-4-14(11-15)24(26,27)28/h3-7,10-11,21H,2,8-9H2,1H3,(H,30,34). The molecule has 35 heavy (non-hydrogen) atoms. The molecular formula is C24H18F4N4O3. The van der Waals surface area contributed by atoms with Crippen molar-refractivity contribution in [3.05, 3.63) is 76.2 Å². The van der Waals surface area contributed by atoms with Crippen LogP contribution in [0.4, 0.5) is 32.8 Å². The Kier molecular flexibility index (Phi) is 6.06. The number of alkyl halides is 3. The molecule has 2 aromatic rings. The third-order valence-corrected chi connectivity index (χ3v) is 5.80. The molecule has 0 radical (unpaired) electrons. The summed E-state index contributed by atoms with van der Waals surface area (Å²) in [6, 6.07) is 5.75. The Hall–Kier alpha value is -4.20. The predicted molar refractivity (Wildman–Crippen MR) is 115 cm³/mol. The molecule has 0 fully saturated rings. The van der Waals surface area contributed by atoms with Gasteiger partial charge in [0.2, 0.25) is 0 Å². The highest BCUT2D eigenvalue weighted by Gasteiger charge is 2.49. The number of carbonyl (C=O) groups excluding carboxylic acids is 3. The molecule has 7 nitrogen and oxygen atoms in total. The van der Waals surface area contributed by atoms with Crippen molar-refractivity contribution in [2.75, 3.05) is 11.4 Å². The molecule has 1 aliphatic carbocycles. The maximum atomic E-state index is 15.1. The summed E-state index contributed by atoms with van der Waals surface area (Å²) in [7, 11) is 0. The van der Waals surface area contributed by atoms with Gasteiger partial charge in [-0.25, -0.2) is 18.9 Å². The first-order valence-electron chi connectivity index (χ1n) is 10.6. The number of halogens is 4. The molecule has 11 heteroatoms. The maximum absolute atomic E-state index is 15.1. The number of nitrogens with zero attached hydrogens (tertiary/aromatic N) is 3. The number of nitriles is 1. The minimum atomic E-state index is -4.69. The van der Waals surface area contributed by atoms with Gasteiger partial charge in [0.05, 0.1) is 22.9 Å². The third-order valence-electron chi connectivity index (χ3n) is 5.80. The van der Waals surface area contributed by atoms with Crippen LogP contribution < -0.4 is 10.2 Å². The monoisotopic (exact) mass is 486 g/mol. The van der Waals surface area contributed by atoms with Gasteiger partial charge >= 0.3 is 18.2 Å². The second-order valence-corrected chi connectivity index (χ2v) is 7.91. The molecule has 0 bridgehead atoms. The molecule has 1 heterocycles. The van der Waals surface area contributed by atoms with Gasteiger partial charge in [-0.05, 0) is 43.7 Å². The molecule has 0 aromatic heterocycles. The molecule has 4 rings (SSSR count). The number of imide groups is 1. The van der Waals surface area contributed by atoms with Crippen LogP contribution in [0.15, 0.2) is 53.7 Å². The zero-order chi connectivity index (χ0) is 25.5. The molecule has 0 saturated heterocycles. The maximum Gasteiger partial charge on any atom is 0.416 e. The predicted octanol–water partition coefficient (Wildman–Crippen LogP) is 5.05. The summed E-state index contributed by atoms with van der Waals surface area (Å²) in [4.78, 5) is 41.2. The summed E-state index contributed by atoms with van der Waals surface area (Å²) in [5.41, 5.74) is -1.34. The minimum absolute atomic E-state index is 0.00418. The molecule has 1 unspecified atom stereocenters. The van der Waals surface area contributed by atoms with E-state index in [1.807, 2.05) is 0 Å². The van der Waals surface area contributed by atoms with E-state index >= 15 is 4.39 Å². The number of anilines is 1. The Morgan fingerprint density at radius 3 is 2.54 bits per heavy atom. The van der Waals surface area contributed by atoms with Crippen LogP contribution in [0.5, 0.6) is 0 Å². The molecule has 4 amide bonds. The number of amides is 4. The van der Waals surface area contributed by atoms with Crippen LogP contribution in [0.1, 0.15) is 42.5 Å². The lowest BCUT2D eigenvalue weighted by Crippen LogP contribution is -2.55. The van der Waals surface area contributed by atoms with Crippen LogP contribution in [0.3, 0.4) is 0 Å². The fraction of sp³-hybridized carbons (Fsp3) is 0.250. The second-order valence-electron chi connectivity index (χ2n) is 7.91. The van der Waals surface area contributed by atoms with Gasteiger partial charge < -0.3 is 5.32 Å². The first kappa shape index (κ1) is 23.9. The number of Topliss-reactive ketones (excluding diaryl/α,β-unsaturated/α-hetero) is 1. The van der Waals surface area contributed by atoms with Crippen molar-refractivity contribution in [3.63, 3.8) is 0 Å². The Morgan fingerprint density at radius 2 is 1.91 bits per heavy atom. The highest BCUT2D eigenvalue weighted by atomic mass is 19.4. The van der Waals surface area contributed by atoms with Gasteiger partial charge in [0.1, 0.15) is 11.9 Å². The highest BCUT2D eigenvalue weighted by Crippen LogP contribution is 2.46. The van der Waals surface area contributed by atoms with Crippen molar-refractivity contribution in [3.8, 4) is 6.07 Å². The van der Waals surface area contributed by atoms with E-state index in [4.69, 9.17) is 5.26 Å². The number of nitrogens with one attached hydrogen (secondary N) is 1. The van der Waals surface area contributed by atoms with Crippen LogP contribution >= 0.6 is 0 Å². The van der Waals surface area contributed by atoms with Crippen molar-refractivity contribution in [2.45, 2.75) is 32.0 Å². The van der Waals surface area contributed by atoms with Gasteiger partial charge in [-0.1, -0.05) is 12.1 Å². The van der Waals surface area contributed by atoms with E-state index in [2.05, 4.69) is 5.32 Å². The van der Waals surface area contributed by atoms with Crippen LogP contribution in [-0.2, 0) is 11.0 Å². The fourth-order valence-corrected chi connectivity index (χ4v) is 4.31. The summed E-state index contributed by atoms with van der Waals surface area (Å²) < 4.78 is 55.1. The van der Waals surface area contributed by atoms with E-state index in [9.17, 15) is 27.6 Å². The molecule has 180 valence electrons. The van der Waals surface area contributed by atoms with E-state index in [0.717, 1.165) is 29.2 Å². The van der Waals surface area contributed by atoms with Crippen LogP contribution in [0.25, 0.3) is 0 Å². The summed E-state index contributed by atoms with van der Waals surface area (Å²) in [6.45, 7) is 1.67. The van der Waals surface area contributed by atoms with Crippen LogP contribution in [0, 0.1) is 17.1 Å². The van der Waals surface area contributed by atoms with Gasteiger partial charge in [0, 0.05) is 29.8 Å². The molecule has 1 N–H and O–H groups in total. The quantitative estimate of drug-likeness (QED) is 0.615. The molecule has 1 aliphatic heterocycles. The van der Waals surface area contributed by atoms with Crippen LogP contribution in [-0.4, -0.2) is 29.3 Å². The largest absolute Gasteiger partial charge is 0.416 e. The number of hydrogen-bond donors (Lipinski definition) is 1. The van der Waals surface area contributed by atoms with E-state index < -0.39 is 41.4 Å². The lowest BCUT2D eigenvalue weighted by Gasteiger charge is -2.41. The SMILES string of the molecule is CCNC(=O)N1C(=O)N(c2cccc(C(F)(F)F)c2)C2=C(C(=O)CC2)C1c1ccc(C#N)cc1F. The van der Waals surface area contributed by atoms with Crippen molar-refractivity contribution in [1.82, 2.24) is 10.2 Å². The van der Waals surface area contributed by atoms with E-state index in [1.54, 1.807) is 13.0 Å². The van der Waals surface area contributed by atoms with Crippen molar-refractivity contribution in [2.24, 2.45) is 0 Å². The highest BCUT2D eigenvalue weighted by molar-refractivity contribution is 6.12. The number of hydrogen-bond acceptors (Lipinski definition) is 4. The fourth-order valence-electron chi connectivity index (χ4n) is 4.31. The topological polar surface area (TPSA) is 93.5 Å². The Bertz CT molecular complexity index is 1310. The van der Waals surface area contributed by atoms with E-state index in [-0.39, 0.29) is 47.5 Å². The smallest absolute Gasteiger partial charge is 0.338 e. The van der Waals surface area contributed by atoms with Gasteiger partial charge in [0.25, 0.3) is 0 Å². The van der Waals surface area contributed by atoms with Crippen LogP contribution in [0.2, 0.25) is 0 Å². The van der Waals surface area contributed by atoms with Gasteiger partial charge in [-0.2, -0.15) is 18.4 Å². The zero-order valence-electron chi connectivity index (χ0n) is 18.3. The molecule has 1 atom stereocenters. The number of ketones is 1. The van der Waals surface area contributed by atoms with E-state index in [0.29, 0.717) is 4.90 Å². The van der Waals surface area contributed by atoms with Crippen molar-refractivity contribution in [1.29, 1.82) is 5.26 Å². The average molecular weight is 486 g/mol. The Balaban J connectivity index is 1.96. The summed E-state index contributed by atoms with van der Waals surface area (Å²) >= 11 is 0. The summed E-state index contributed by atoms with van der Waals surface area (Å²) in [5, 5.41) is 11.5. The Morgan fingerprint density at radius 1 is 1.17 bits per heavy atom. The first-order chi connectivity index (χ1) is 16.6. The van der Waals surface area contributed by atoms with Crippen molar-refractivity contribution < 1.29 is 31.9 Å². The van der Waals surface area contributed by atoms with Gasteiger partial charge in [-0.15, -0.1) is 0 Å². The molecule has 2 aromatic carbocycles. The normalized spacial score (nSPS) is 18.0. The second kappa shape index (κ2) is 8.87. The molecule has 2 aliphatic rings. The number of allylic oxidation sites excluding steroid dienone is 1. The molecular weight excluding hydrogens is 468 g/mol. The lowest BCUT2D eigenvalue weighted by molar-refractivity contribution is -0.137. The van der Waals surface area contributed by atoms with Crippen molar-refractivity contribution >= 4 is 23.5 Å². The first-order valence-corrected chi connectivity index (χ1v) is 10.6. The number of carbonyl (C=O) groups is 3. The van der Waals surface area contributed by atoms with Gasteiger partial charge in [0.15, 0.2) is 5.78 Å². The van der Waals surface area contributed by atoms with E-state index in [1.165, 1.54) is 18.2 Å². The zero-order valence-corrected chi connectivity index (χ0v) is 18.3. The third kappa shape index (κ3) is 4.12.